The standard InChI is InChI=1S/C53H104N3O30P5/c1-6-72-53(2)21-30-73-91(63,78-39-53)86-44-33-52(71-27-18-12-9-15-24-56)80-48(44)37-74-87(58,59)82-40-19-28-67-46(40)35-75-90(62,66-5)85-43-32-51(70-26-17-11-8-14-23-55)81-49(43)38-77-88(60,64-3)83-41-20-29-68-47(41)36-76-89(61,65-4)84-42-31-50(79-45(42)34-57)69-25-16-10-7-13-22-54/h40-52,57H,6-39,54-56H2,1-5H3,(H,58,59)/t40?,41?,42?,43?,44-,45-,46-,47-,48?,49-,50-,51-,52-,53?,88?,89?,90?,91?/m1/s1. The third-order valence-corrected chi connectivity index (χ3v) is 22.5. The van der Waals surface area contributed by atoms with Crippen molar-refractivity contribution in [3.8, 4) is 0 Å². The summed E-state index contributed by atoms with van der Waals surface area (Å²) < 4.78 is 202. The summed E-state index contributed by atoms with van der Waals surface area (Å²) in [5, 5.41) is 10.0. The van der Waals surface area contributed by atoms with Gasteiger partial charge in [-0.2, -0.15) is 0 Å². The minimum Gasteiger partial charge on any atom is -0.394 e. The number of unbranched alkanes of at least 4 members (excludes halogenated alkanes) is 9. The number of ether oxygens (including phenoxy) is 9. The van der Waals surface area contributed by atoms with Gasteiger partial charge in [0.2, 0.25) is 0 Å². The Morgan fingerprint density at radius 3 is 1.38 bits per heavy atom. The molecule has 91 heavy (non-hydrogen) atoms. The van der Waals surface area contributed by atoms with Crippen LogP contribution in [0.5, 0.6) is 0 Å². The van der Waals surface area contributed by atoms with E-state index in [1.54, 1.807) is 0 Å². The van der Waals surface area contributed by atoms with Gasteiger partial charge in [-0.15, -0.1) is 0 Å². The third kappa shape index (κ3) is 27.6. The zero-order valence-electron chi connectivity index (χ0n) is 53.3. The summed E-state index contributed by atoms with van der Waals surface area (Å²) in [6.45, 7) is 4.41. The topological polar surface area (TPSA) is 416 Å². The van der Waals surface area contributed by atoms with Crippen LogP contribution in [0.2, 0.25) is 0 Å². The van der Waals surface area contributed by atoms with Crippen molar-refractivity contribution >= 4 is 39.1 Å². The summed E-state index contributed by atoms with van der Waals surface area (Å²) in [7, 11) is -19.2. The van der Waals surface area contributed by atoms with Crippen LogP contribution in [0.15, 0.2) is 0 Å². The van der Waals surface area contributed by atoms with Crippen molar-refractivity contribution < 1.29 is 139 Å². The Kier molecular flexibility index (Phi) is 36.0. The first kappa shape index (κ1) is 80.0. The van der Waals surface area contributed by atoms with E-state index in [0.717, 1.165) is 92.0 Å². The Bertz CT molecular complexity index is 2300. The van der Waals surface area contributed by atoms with Crippen LogP contribution in [-0.4, -0.2) is 222 Å². The maximum Gasteiger partial charge on any atom is 0.475 e. The molecule has 0 saturated carbocycles. The summed E-state index contributed by atoms with van der Waals surface area (Å²) in [5.41, 5.74) is 16.1. The van der Waals surface area contributed by atoms with Crippen molar-refractivity contribution in [2.75, 3.05) is 127 Å². The lowest BCUT2D eigenvalue weighted by Gasteiger charge is -2.27. The molecule has 6 fully saturated rings. The zero-order valence-corrected chi connectivity index (χ0v) is 57.8. The molecule has 0 bridgehead atoms. The first-order valence-corrected chi connectivity index (χ1v) is 39.1. The number of hydrogen-bond donors (Lipinski definition) is 5. The Morgan fingerprint density at radius 1 is 0.516 bits per heavy atom. The monoisotopic (exact) mass is 1420 g/mol. The van der Waals surface area contributed by atoms with Gasteiger partial charge < -0.3 is 69.8 Å². The zero-order chi connectivity index (χ0) is 65.8. The highest BCUT2D eigenvalue weighted by Gasteiger charge is 2.50. The van der Waals surface area contributed by atoms with Gasteiger partial charge in [0.05, 0.1) is 51.8 Å². The van der Waals surface area contributed by atoms with Gasteiger partial charge >= 0.3 is 39.1 Å². The molecule has 0 aliphatic carbocycles. The van der Waals surface area contributed by atoms with Crippen LogP contribution in [-0.2, 0) is 129 Å². The number of phosphoric ester groups is 5. The number of aliphatic hydroxyl groups excluding tert-OH is 1. The van der Waals surface area contributed by atoms with Gasteiger partial charge in [-0.3, -0.25) is 63.3 Å². The number of nitrogens with two attached hydrogens (primary N) is 3. The number of rotatable bonds is 49. The molecule has 38 heteroatoms. The predicted molar refractivity (Wildman–Crippen MR) is 322 cm³/mol. The fourth-order valence-corrected chi connectivity index (χ4v) is 16.4. The first-order chi connectivity index (χ1) is 43.7. The lowest BCUT2D eigenvalue weighted by Crippen LogP contribution is -2.34. The van der Waals surface area contributed by atoms with Crippen LogP contribution >= 0.6 is 39.1 Å². The molecule has 33 nitrogen and oxygen atoms in total. The summed E-state index contributed by atoms with van der Waals surface area (Å²) in [6, 6.07) is 0. The van der Waals surface area contributed by atoms with Crippen LogP contribution in [0.1, 0.15) is 129 Å². The first-order valence-electron chi connectivity index (χ1n) is 31.8. The summed E-state index contributed by atoms with van der Waals surface area (Å²) in [4.78, 5) is 11.1. The van der Waals surface area contributed by atoms with E-state index in [2.05, 4.69) is 0 Å². The largest absolute Gasteiger partial charge is 0.475 e. The third-order valence-electron chi connectivity index (χ3n) is 15.7. The summed E-state index contributed by atoms with van der Waals surface area (Å²) >= 11 is 0. The quantitative estimate of drug-likeness (QED) is 0.0297. The average molecular weight is 1420 g/mol. The van der Waals surface area contributed by atoms with E-state index in [1.807, 2.05) is 13.8 Å². The van der Waals surface area contributed by atoms with Crippen molar-refractivity contribution in [3.05, 3.63) is 0 Å². The van der Waals surface area contributed by atoms with E-state index in [0.29, 0.717) is 52.3 Å². The van der Waals surface area contributed by atoms with E-state index >= 15 is 0 Å². The molecular formula is C53H104N3O30P5. The van der Waals surface area contributed by atoms with Crippen LogP contribution in [0, 0.1) is 0 Å². The second kappa shape index (κ2) is 40.9. The SMILES string of the molecule is CCOC1(C)CCOP(=O)(O[C@@H]2C[C@H](OCCCCCCN)OC2COP(=O)(O)OC2CCO[C@@H]2COP(=O)(OC)OC2C[C@H](OCCCCCCN)O[C@@H]2COP(=O)(OC)OC2CCO[C@@H]2COP(=O)(OC)OC2C[C@H](OCCCCCCN)O[C@@H]2CO)OC1. The van der Waals surface area contributed by atoms with Crippen molar-refractivity contribution in [1.29, 1.82) is 0 Å². The number of aliphatic hydroxyl groups is 1. The molecular weight excluding hydrogens is 1310 g/mol. The van der Waals surface area contributed by atoms with Crippen LogP contribution in [0.3, 0.4) is 0 Å². The van der Waals surface area contributed by atoms with E-state index < -0.39 is 158 Å². The molecule has 0 amide bonds. The Morgan fingerprint density at radius 2 is 0.923 bits per heavy atom. The lowest BCUT2D eigenvalue weighted by atomic mass is 10.0. The van der Waals surface area contributed by atoms with E-state index in [9.17, 15) is 32.8 Å². The van der Waals surface area contributed by atoms with Gasteiger partial charge in [0.15, 0.2) is 18.9 Å². The van der Waals surface area contributed by atoms with Gasteiger partial charge in [0, 0.05) is 99.5 Å². The molecule has 6 saturated heterocycles. The number of hydrogen-bond acceptors (Lipinski definition) is 32. The molecule has 8 N–H and O–H groups in total. The fourth-order valence-electron chi connectivity index (χ4n) is 10.5. The smallest absolute Gasteiger partial charge is 0.394 e. The maximum absolute atomic E-state index is 14.4. The van der Waals surface area contributed by atoms with Crippen molar-refractivity contribution in [3.63, 3.8) is 0 Å². The fraction of sp³-hybridized carbons (Fsp3) is 1.00. The molecule has 19 atom stereocenters. The molecule has 0 aromatic carbocycles. The summed E-state index contributed by atoms with van der Waals surface area (Å²) in [5.74, 6) is 0. The maximum atomic E-state index is 14.4. The van der Waals surface area contributed by atoms with Gasteiger partial charge in [-0.1, -0.05) is 38.5 Å². The average Bonchev–Trinajstić information content (AvgIpc) is 3.16. The highest BCUT2D eigenvalue weighted by atomic mass is 31.2. The molecule has 0 radical (unpaired) electrons. The van der Waals surface area contributed by atoms with Gasteiger partial charge in [0.1, 0.15) is 61.0 Å². The Labute approximate surface area is 535 Å². The Hall–Kier alpha value is 0.0300. The molecule has 0 spiro atoms. The highest BCUT2D eigenvalue weighted by Crippen LogP contribution is 2.58. The van der Waals surface area contributed by atoms with Gasteiger partial charge in [-0.25, -0.2) is 22.8 Å². The van der Waals surface area contributed by atoms with Crippen molar-refractivity contribution in [2.45, 2.75) is 215 Å². The number of phosphoric acid groups is 5. The van der Waals surface area contributed by atoms with E-state index in [1.165, 1.54) is 0 Å². The van der Waals surface area contributed by atoms with E-state index in [-0.39, 0.29) is 65.1 Å². The van der Waals surface area contributed by atoms with Crippen LogP contribution in [0.25, 0.3) is 0 Å². The minimum atomic E-state index is -4.95. The molecule has 6 rings (SSSR count). The van der Waals surface area contributed by atoms with E-state index in [4.69, 9.17) is 123 Å². The molecule has 6 aliphatic heterocycles. The van der Waals surface area contributed by atoms with Crippen LogP contribution < -0.4 is 17.2 Å². The molecule has 6 heterocycles. The second-order valence-electron chi connectivity index (χ2n) is 22.8. The highest BCUT2D eigenvalue weighted by molar-refractivity contribution is 7.49. The molecule has 0 aromatic rings. The molecule has 536 valence electrons. The van der Waals surface area contributed by atoms with Gasteiger partial charge in [-0.05, 0) is 72.0 Å². The lowest BCUT2D eigenvalue weighted by molar-refractivity contribution is -0.143. The normalized spacial score (nSPS) is 34.1. The Balaban J connectivity index is 1.03. The molecule has 6 aliphatic rings. The van der Waals surface area contributed by atoms with Crippen molar-refractivity contribution in [2.24, 2.45) is 17.2 Å². The summed E-state index contributed by atoms with van der Waals surface area (Å²) in [6.07, 6.45) is -1.85. The molecule has 11 unspecified atom stereocenters. The minimum absolute atomic E-state index is 0.0114. The predicted octanol–water partition coefficient (Wildman–Crippen LogP) is 7.21. The van der Waals surface area contributed by atoms with Gasteiger partial charge in [0.25, 0.3) is 0 Å². The van der Waals surface area contributed by atoms with Crippen molar-refractivity contribution in [1.82, 2.24) is 0 Å². The second-order valence-corrected chi connectivity index (χ2v) is 31.0. The molecule has 0 aromatic heterocycles. The van der Waals surface area contributed by atoms with Crippen LogP contribution in [0.4, 0.5) is 0 Å².